The van der Waals surface area contributed by atoms with Gasteiger partial charge in [0, 0.05) is 19.8 Å². The zero-order valence-electron chi connectivity index (χ0n) is 21.8. The van der Waals surface area contributed by atoms with Crippen LogP contribution in [0.15, 0.2) is 41.3 Å². The van der Waals surface area contributed by atoms with Gasteiger partial charge in [-0.2, -0.15) is 0 Å². The van der Waals surface area contributed by atoms with Crippen LogP contribution >= 0.6 is 9.24 Å². The molecule has 1 amide bonds. The zero-order valence-corrected chi connectivity index (χ0v) is 23.8. The van der Waals surface area contributed by atoms with Gasteiger partial charge in [-0.25, -0.2) is 24.2 Å². The van der Waals surface area contributed by atoms with Gasteiger partial charge < -0.3 is 9.57 Å². The number of amides is 1. The van der Waals surface area contributed by atoms with Gasteiger partial charge in [-0.05, 0) is 55.8 Å². The highest BCUT2D eigenvalue weighted by Crippen LogP contribution is 2.21. The highest BCUT2D eigenvalue weighted by atomic mass is 32.2. The average Bonchev–Trinajstić information content (AvgIpc) is 3.26. The molecule has 38 heavy (non-hydrogen) atoms. The number of hydrogen-bond donors (Lipinski definition) is 2. The van der Waals surface area contributed by atoms with Crippen LogP contribution in [-0.4, -0.2) is 44.1 Å². The molecular weight excluding hydrogens is 532 g/mol. The van der Waals surface area contributed by atoms with E-state index < -0.39 is 22.7 Å². The predicted octanol–water partition coefficient (Wildman–Crippen LogP) is 2.98. The van der Waals surface area contributed by atoms with Crippen molar-refractivity contribution in [3.05, 3.63) is 70.6 Å². The smallest absolute Gasteiger partial charge is 0.306 e. The van der Waals surface area contributed by atoms with E-state index in [0.29, 0.717) is 25.1 Å². The van der Waals surface area contributed by atoms with Crippen LogP contribution in [0.2, 0.25) is 0 Å². The number of carbonyl (C=O) groups is 2. The van der Waals surface area contributed by atoms with Crippen LogP contribution in [0.1, 0.15) is 48.1 Å². The number of hydrogen-bond acceptors (Lipinski definition) is 8. The Kier molecular flexibility index (Phi) is 12.6. The van der Waals surface area contributed by atoms with Crippen LogP contribution < -0.4 is 10.6 Å². The summed E-state index contributed by atoms with van der Waals surface area (Å²) in [4.78, 5) is 31.5. The van der Waals surface area contributed by atoms with Crippen molar-refractivity contribution in [2.75, 3.05) is 13.3 Å². The summed E-state index contributed by atoms with van der Waals surface area (Å²) in [6.45, 7) is 5.07. The van der Waals surface area contributed by atoms with Crippen LogP contribution in [0.4, 0.5) is 4.39 Å². The second kappa shape index (κ2) is 15.4. The van der Waals surface area contributed by atoms with Gasteiger partial charge in [0.2, 0.25) is 5.91 Å². The molecule has 2 atom stereocenters. The van der Waals surface area contributed by atoms with Crippen molar-refractivity contribution in [1.29, 1.82) is 0 Å². The van der Waals surface area contributed by atoms with Crippen LogP contribution in [0, 0.1) is 19.7 Å². The molecule has 0 aliphatic heterocycles. The first kappa shape index (κ1) is 31.2. The monoisotopic (exact) mass is 565 g/mol. The number of rotatable bonds is 10. The number of aryl methyl sites for hydroxylation is 2. The summed E-state index contributed by atoms with van der Waals surface area (Å²) < 4.78 is 36.2. The molecule has 206 valence electrons. The van der Waals surface area contributed by atoms with Crippen molar-refractivity contribution in [2.24, 2.45) is 5.90 Å². The number of aromatic nitrogens is 3. The Morgan fingerprint density at radius 1 is 1.21 bits per heavy atom. The summed E-state index contributed by atoms with van der Waals surface area (Å²) in [5.41, 5.74) is 3.24. The van der Waals surface area contributed by atoms with E-state index in [9.17, 15) is 13.8 Å². The molecule has 3 rings (SSSR count). The maximum absolute atomic E-state index is 15.1. The van der Waals surface area contributed by atoms with Crippen molar-refractivity contribution < 1.29 is 27.8 Å². The molecule has 0 spiro atoms. The normalized spacial score (nSPS) is 11.3. The van der Waals surface area contributed by atoms with E-state index in [-0.39, 0.29) is 29.0 Å². The fraction of sp³-hybridized carbons (Fsp3) is 0.360. The number of carbonyl (C=O) groups excluding carboxylic acids is 2. The summed E-state index contributed by atoms with van der Waals surface area (Å²) >= 11 is 0. The molecule has 0 aliphatic rings. The number of ether oxygens (including phenoxy) is 1. The van der Waals surface area contributed by atoms with Crippen molar-refractivity contribution in [3.8, 4) is 5.69 Å². The molecule has 2 unspecified atom stereocenters. The quantitative estimate of drug-likeness (QED) is 0.217. The number of esters is 1. The van der Waals surface area contributed by atoms with Gasteiger partial charge in [0.25, 0.3) is 0 Å². The Labute approximate surface area is 226 Å². The van der Waals surface area contributed by atoms with Gasteiger partial charge >= 0.3 is 5.97 Å². The van der Waals surface area contributed by atoms with Crippen molar-refractivity contribution in [2.45, 2.75) is 51.5 Å². The molecule has 3 N–H and O–H groups in total. The number of nitrogens with one attached hydrogen (secondary N) is 1. The Hall–Kier alpha value is -3.05. The van der Waals surface area contributed by atoms with Gasteiger partial charge in [0.1, 0.15) is 17.3 Å². The average molecular weight is 566 g/mol. The standard InChI is InChI=1S/C24H28FN4O4PS.CH5NO/c1-15-6-7-16(2)18(11-15)12-23-26-22(14-33-24(31)5-4-10-34)27-29(23)21-9-8-19(13-20(21)25)35(32)28-17(3)30;1-3-2/h6-9,11,13H,4-5,10,12,14,34H2,1-3H3,(H,28,30);2H2,1H3. The molecule has 10 nitrogen and oxygen atoms in total. The first-order valence-corrected chi connectivity index (χ1v) is 13.6. The lowest BCUT2D eigenvalue weighted by atomic mass is 10.0. The predicted molar refractivity (Wildman–Crippen MR) is 145 cm³/mol. The van der Waals surface area contributed by atoms with Gasteiger partial charge in [-0.1, -0.05) is 23.8 Å². The second-order valence-corrected chi connectivity index (χ2v) is 10.1. The van der Waals surface area contributed by atoms with E-state index in [2.05, 4.69) is 34.8 Å². The summed E-state index contributed by atoms with van der Waals surface area (Å²) in [6.07, 6.45) is 2.16. The third-order valence-corrected chi connectivity index (χ3v) is 6.68. The highest BCUT2D eigenvalue weighted by Gasteiger charge is 2.19. The van der Waals surface area contributed by atoms with Crippen molar-refractivity contribution >= 4 is 32.1 Å². The summed E-state index contributed by atoms with van der Waals surface area (Å²) in [7, 11) is 2.08. The lowest BCUT2D eigenvalue weighted by molar-refractivity contribution is -0.145. The Bertz CT molecular complexity index is 1290. The van der Waals surface area contributed by atoms with E-state index in [1.54, 1.807) is 0 Å². The molecule has 1 heterocycles. The number of benzene rings is 2. The molecule has 0 aliphatic carbocycles. The maximum atomic E-state index is 15.1. The highest BCUT2D eigenvalue weighted by molar-refractivity contribution is 7.83. The topological polar surface area (TPSA) is 138 Å². The van der Waals surface area contributed by atoms with E-state index in [1.807, 2.05) is 32.0 Å². The Balaban J connectivity index is 0.00000161. The van der Waals surface area contributed by atoms with Crippen molar-refractivity contribution in [1.82, 2.24) is 19.5 Å². The van der Waals surface area contributed by atoms with E-state index in [1.165, 1.54) is 30.8 Å². The first-order chi connectivity index (χ1) is 18.1. The third-order valence-electron chi connectivity index (χ3n) is 5.12. The third kappa shape index (κ3) is 9.36. The molecule has 0 bridgehead atoms. The van der Waals surface area contributed by atoms with Crippen LogP contribution in [0.3, 0.4) is 0 Å². The lowest BCUT2D eigenvalue weighted by Crippen LogP contribution is -2.22. The molecule has 2 aromatic carbocycles. The first-order valence-electron chi connectivity index (χ1n) is 11.7. The van der Waals surface area contributed by atoms with Crippen molar-refractivity contribution in [3.63, 3.8) is 0 Å². The SMILES string of the molecule is CC(=O)NS(=O)c1ccc(-n2nc(COC(=O)CCCP)nc2Cc2cc(C)ccc2C)c(F)c1.CON. The fourth-order valence-electron chi connectivity index (χ4n) is 3.35. The number of halogens is 1. The molecule has 0 saturated heterocycles. The van der Waals surface area contributed by atoms with E-state index >= 15 is 4.39 Å². The Morgan fingerprint density at radius 2 is 1.92 bits per heavy atom. The van der Waals surface area contributed by atoms with Gasteiger partial charge in [-0.15, -0.1) is 14.3 Å². The van der Waals surface area contributed by atoms with Crippen LogP contribution in [-0.2, 0) is 43.2 Å². The summed E-state index contributed by atoms with van der Waals surface area (Å²) in [5.74, 6) is 3.53. The minimum atomic E-state index is -1.88. The summed E-state index contributed by atoms with van der Waals surface area (Å²) in [5, 5.41) is 4.40. The minimum absolute atomic E-state index is 0.0990. The zero-order chi connectivity index (χ0) is 28.2. The fourth-order valence-corrected chi connectivity index (χ4v) is 4.33. The van der Waals surface area contributed by atoms with Crippen LogP contribution in [0.5, 0.6) is 0 Å². The largest absolute Gasteiger partial charge is 0.457 e. The van der Waals surface area contributed by atoms with Crippen LogP contribution in [0.25, 0.3) is 5.69 Å². The molecule has 0 fully saturated rings. The van der Waals surface area contributed by atoms with E-state index in [0.717, 1.165) is 28.9 Å². The summed E-state index contributed by atoms with van der Waals surface area (Å²) in [6, 6.07) is 10.0. The molecule has 1 aromatic heterocycles. The van der Waals surface area contributed by atoms with Gasteiger partial charge in [-0.3, -0.25) is 14.3 Å². The molecule has 0 radical (unpaired) electrons. The van der Waals surface area contributed by atoms with Gasteiger partial charge in [0.05, 0.1) is 12.0 Å². The number of nitrogens with zero attached hydrogens (tertiary/aromatic N) is 3. The molecule has 0 saturated carbocycles. The number of nitrogens with two attached hydrogens (primary N) is 1. The maximum Gasteiger partial charge on any atom is 0.306 e. The second-order valence-electron chi connectivity index (χ2n) is 8.29. The molecule has 13 heteroatoms. The lowest BCUT2D eigenvalue weighted by Gasteiger charge is -2.11. The minimum Gasteiger partial charge on any atom is -0.457 e. The molecular formula is C25H33FN5O5PS. The Morgan fingerprint density at radius 3 is 2.55 bits per heavy atom. The van der Waals surface area contributed by atoms with E-state index in [4.69, 9.17) is 4.74 Å². The van der Waals surface area contributed by atoms with Gasteiger partial charge in [0.15, 0.2) is 23.4 Å². The molecule has 3 aromatic rings.